The minimum Gasteiger partial charge on any atom is -0.455 e. The number of rotatable bonds is 3. The average Bonchev–Trinajstić information content (AvgIpc) is 3.58. The van der Waals surface area contributed by atoms with Crippen LogP contribution in [0.5, 0.6) is 0 Å². The van der Waals surface area contributed by atoms with Crippen LogP contribution < -0.4 is 0 Å². The minimum atomic E-state index is -1.92. The van der Waals surface area contributed by atoms with Gasteiger partial charge in [-0.3, -0.25) is 14.4 Å². The number of Topliss-reactive ketones (excluding diaryl/α,β-unsaturated/α-hetero) is 2. The number of fused-ring (bicyclic) bond motifs is 4. The first-order valence-corrected chi connectivity index (χ1v) is 13.4. The third-order valence-electron chi connectivity index (χ3n) is 10.6. The van der Waals surface area contributed by atoms with Gasteiger partial charge >= 0.3 is 11.9 Å². The second-order valence-corrected chi connectivity index (χ2v) is 12.6. The van der Waals surface area contributed by atoms with Crippen molar-refractivity contribution in [3.8, 4) is 0 Å². The van der Waals surface area contributed by atoms with Crippen molar-refractivity contribution in [3.05, 3.63) is 35.9 Å². The van der Waals surface area contributed by atoms with Crippen molar-refractivity contribution < 1.29 is 43.6 Å². The smallest absolute Gasteiger partial charge is 0.338 e. The molecule has 2 bridgehead atoms. The largest absolute Gasteiger partial charge is 0.455 e. The zero-order valence-electron chi connectivity index (χ0n) is 22.0. The molecular weight excluding hydrogens is 492 g/mol. The molecule has 0 radical (unpaired) electrons. The van der Waals surface area contributed by atoms with E-state index in [1.54, 1.807) is 51.1 Å². The van der Waals surface area contributed by atoms with Gasteiger partial charge < -0.3 is 24.4 Å². The van der Waals surface area contributed by atoms with Crippen LogP contribution >= 0.6 is 0 Å². The molecule has 10 atom stereocenters. The molecule has 1 aliphatic heterocycles. The van der Waals surface area contributed by atoms with Crippen LogP contribution in [0.3, 0.4) is 0 Å². The molecule has 204 valence electrons. The normalized spacial score (nSPS) is 46.2. The second-order valence-electron chi connectivity index (χ2n) is 12.6. The molecule has 6 rings (SSSR count). The molecule has 5 fully saturated rings. The van der Waals surface area contributed by atoms with Crippen LogP contribution in [0.15, 0.2) is 30.3 Å². The molecule has 1 aromatic carbocycles. The molecule has 2 N–H and O–H groups in total. The third kappa shape index (κ3) is 3.04. The topological polar surface area (TPSA) is 136 Å². The quantitative estimate of drug-likeness (QED) is 0.447. The molecule has 1 spiro atoms. The number of ketones is 2. The fraction of sp³-hybridized carbons (Fsp3) is 0.655. The van der Waals surface area contributed by atoms with Gasteiger partial charge in [0.15, 0.2) is 5.60 Å². The van der Waals surface area contributed by atoms with Gasteiger partial charge in [-0.2, -0.15) is 0 Å². The maximum atomic E-state index is 14.2. The highest BCUT2D eigenvalue weighted by molar-refractivity contribution is 6.41. The van der Waals surface area contributed by atoms with Crippen LogP contribution in [0.1, 0.15) is 57.3 Å². The summed E-state index contributed by atoms with van der Waals surface area (Å²) in [6, 6.07) is 8.31. The second kappa shape index (κ2) is 7.96. The minimum absolute atomic E-state index is 0.0455. The molecule has 5 aliphatic rings. The standard InChI is InChI=1S/C29H34O9/c1-14-18(31)12-29(35)24(37-25(34)16-8-6-5-7-9-16)22-27(23(33)21(32)20(14)26(29,3)4)11-17(27)10-19-28(22,13-36-19)38-15(2)30/h5-9,14,17-20,22,24,31,35H,10-13H2,1-4H3/t14?,17-,18+,19-,20?,22+,24+,27-,28+,29-/m1/s1. The first kappa shape index (κ1) is 25.6. The van der Waals surface area contributed by atoms with Gasteiger partial charge in [-0.1, -0.05) is 39.0 Å². The van der Waals surface area contributed by atoms with E-state index in [-0.39, 0.29) is 24.5 Å². The lowest BCUT2D eigenvalue weighted by molar-refractivity contribution is -0.328. The van der Waals surface area contributed by atoms with Crippen LogP contribution in [0, 0.1) is 34.5 Å². The molecule has 9 heteroatoms. The summed E-state index contributed by atoms with van der Waals surface area (Å²) in [6.07, 6.45) is -2.45. The average molecular weight is 527 g/mol. The highest BCUT2D eigenvalue weighted by Crippen LogP contribution is 2.74. The monoisotopic (exact) mass is 526 g/mol. The van der Waals surface area contributed by atoms with Gasteiger partial charge in [0.1, 0.15) is 17.8 Å². The Balaban J connectivity index is 1.59. The van der Waals surface area contributed by atoms with Crippen molar-refractivity contribution in [1.29, 1.82) is 0 Å². The van der Waals surface area contributed by atoms with Gasteiger partial charge in [0.25, 0.3) is 0 Å². The van der Waals surface area contributed by atoms with Gasteiger partial charge in [-0.15, -0.1) is 0 Å². The molecule has 2 unspecified atom stereocenters. The van der Waals surface area contributed by atoms with Crippen molar-refractivity contribution in [2.45, 2.75) is 76.5 Å². The predicted octanol–water partition coefficient (Wildman–Crippen LogP) is 1.86. The number of carbonyl (C=O) groups is 4. The maximum absolute atomic E-state index is 14.2. The third-order valence-corrected chi connectivity index (χ3v) is 10.6. The van der Waals surface area contributed by atoms with Crippen molar-refractivity contribution in [3.63, 3.8) is 0 Å². The van der Waals surface area contributed by atoms with Crippen molar-refractivity contribution in [1.82, 2.24) is 0 Å². The molecule has 1 heterocycles. The number of hydrogen-bond acceptors (Lipinski definition) is 9. The van der Waals surface area contributed by atoms with E-state index in [2.05, 4.69) is 0 Å². The van der Waals surface area contributed by atoms with Gasteiger partial charge in [-0.05, 0) is 36.8 Å². The highest BCUT2D eigenvalue weighted by atomic mass is 16.6. The van der Waals surface area contributed by atoms with Crippen LogP contribution in [0.2, 0.25) is 0 Å². The Morgan fingerprint density at radius 3 is 2.39 bits per heavy atom. The van der Waals surface area contributed by atoms with E-state index >= 15 is 0 Å². The summed E-state index contributed by atoms with van der Waals surface area (Å²) in [7, 11) is 0. The van der Waals surface area contributed by atoms with Gasteiger partial charge in [0, 0.05) is 24.7 Å². The van der Waals surface area contributed by atoms with E-state index < -0.39 is 81.6 Å². The van der Waals surface area contributed by atoms with E-state index in [4.69, 9.17) is 14.2 Å². The first-order chi connectivity index (χ1) is 17.8. The Labute approximate surface area is 220 Å². The number of aliphatic hydroxyl groups excluding tert-OH is 1. The highest BCUT2D eigenvalue weighted by Gasteiger charge is 2.84. The summed E-state index contributed by atoms with van der Waals surface area (Å²) < 4.78 is 18.0. The van der Waals surface area contributed by atoms with Gasteiger partial charge in [0.2, 0.25) is 11.6 Å². The molecule has 38 heavy (non-hydrogen) atoms. The summed E-state index contributed by atoms with van der Waals surface area (Å²) in [6.45, 7) is 6.30. The van der Waals surface area contributed by atoms with E-state index in [0.717, 1.165) is 0 Å². The van der Waals surface area contributed by atoms with E-state index in [1.807, 2.05) is 0 Å². The Morgan fingerprint density at radius 2 is 1.79 bits per heavy atom. The molecular formula is C29H34O9. The fourth-order valence-electron chi connectivity index (χ4n) is 8.55. The number of hydrogen-bond donors (Lipinski definition) is 2. The van der Waals surface area contributed by atoms with Crippen molar-refractivity contribution >= 4 is 23.5 Å². The zero-order chi connectivity index (χ0) is 27.4. The van der Waals surface area contributed by atoms with Crippen LogP contribution in [-0.4, -0.2) is 69.8 Å². The molecule has 4 saturated carbocycles. The van der Waals surface area contributed by atoms with E-state index in [1.165, 1.54) is 6.92 Å². The van der Waals surface area contributed by atoms with E-state index in [0.29, 0.717) is 12.8 Å². The Kier molecular flexibility index (Phi) is 5.37. The number of esters is 2. The Morgan fingerprint density at radius 1 is 1.11 bits per heavy atom. The van der Waals surface area contributed by atoms with Crippen LogP contribution in [-0.2, 0) is 28.6 Å². The number of aliphatic hydroxyl groups is 2. The number of benzene rings is 1. The summed E-state index contributed by atoms with van der Waals surface area (Å²) in [5.74, 6) is -5.36. The van der Waals surface area contributed by atoms with Gasteiger partial charge in [-0.25, -0.2) is 4.79 Å². The molecule has 4 aliphatic carbocycles. The first-order valence-electron chi connectivity index (χ1n) is 13.4. The Hall–Kier alpha value is -2.62. The zero-order valence-corrected chi connectivity index (χ0v) is 22.0. The number of carbonyl (C=O) groups excluding carboxylic acids is 4. The van der Waals surface area contributed by atoms with Crippen LogP contribution in [0.4, 0.5) is 0 Å². The molecule has 9 nitrogen and oxygen atoms in total. The maximum Gasteiger partial charge on any atom is 0.338 e. The van der Waals surface area contributed by atoms with Crippen LogP contribution in [0.25, 0.3) is 0 Å². The molecule has 0 amide bonds. The summed E-state index contributed by atoms with van der Waals surface area (Å²) in [5.41, 5.74) is -5.54. The fourth-order valence-corrected chi connectivity index (χ4v) is 8.55. The van der Waals surface area contributed by atoms with Crippen molar-refractivity contribution in [2.24, 2.45) is 34.5 Å². The molecule has 1 saturated heterocycles. The SMILES string of the molecule is CC(=O)O[C@@]12CO[C@@H]1C[C@@H]1C[C@@]13C(=O)C(=O)C1C(C)[C@@H](O)C[C@@](O)([C@@H](OC(=O)c4ccccc4)[C@H]23)C1(C)C. The predicted molar refractivity (Wildman–Crippen MR) is 131 cm³/mol. The Bertz CT molecular complexity index is 1230. The molecule has 1 aromatic rings. The lowest BCUT2D eigenvalue weighted by Gasteiger charge is -2.65. The summed E-state index contributed by atoms with van der Waals surface area (Å²) in [5, 5.41) is 23.8. The molecule has 0 aromatic heterocycles. The lowest BCUT2D eigenvalue weighted by Crippen LogP contribution is -2.79. The number of ether oxygens (including phenoxy) is 3. The van der Waals surface area contributed by atoms with Crippen molar-refractivity contribution in [2.75, 3.05) is 6.61 Å². The summed E-state index contributed by atoms with van der Waals surface area (Å²) >= 11 is 0. The van der Waals surface area contributed by atoms with Gasteiger partial charge in [0.05, 0.1) is 29.6 Å². The van der Waals surface area contributed by atoms with E-state index in [9.17, 15) is 29.4 Å². The summed E-state index contributed by atoms with van der Waals surface area (Å²) in [4.78, 5) is 54.2. The lowest BCUT2D eigenvalue weighted by atomic mass is 9.45.